The zero-order chi connectivity index (χ0) is 20.5. The minimum Gasteiger partial charge on any atom is -0.298 e. The van der Waals surface area contributed by atoms with Crippen LogP contribution in [0.1, 0.15) is 35.3 Å². The summed E-state index contributed by atoms with van der Waals surface area (Å²) in [5.41, 5.74) is 3.48. The van der Waals surface area contributed by atoms with Gasteiger partial charge in [0.25, 0.3) is 5.91 Å². The minimum atomic E-state index is -3.54. The van der Waals surface area contributed by atoms with Crippen LogP contribution in [0, 0.1) is 13.8 Å². The van der Waals surface area contributed by atoms with Gasteiger partial charge in [0, 0.05) is 18.7 Å². The number of aryl methyl sites for hydroxylation is 2. The predicted molar refractivity (Wildman–Crippen MR) is 114 cm³/mol. The van der Waals surface area contributed by atoms with Crippen molar-refractivity contribution in [2.45, 2.75) is 32.6 Å². The second-order valence-corrected chi connectivity index (χ2v) is 9.48. The molecule has 0 aliphatic heterocycles. The predicted octanol–water partition coefficient (Wildman–Crippen LogP) is 4.20. The first-order chi connectivity index (χ1) is 13.3. The number of fused-ring (bicyclic) bond motifs is 1. The number of carbonyl (C=O) groups excluding carboxylic acids is 1. The Morgan fingerprint density at radius 3 is 2.36 bits per heavy atom. The van der Waals surface area contributed by atoms with Crippen LogP contribution in [0.25, 0.3) is 10.2 Å². The van der Waals surface area contributed by atoms with Crippen LogP contribution >= 0.6 is 11.3 Å². The summed E-state index contributed by atoms with van der Waals surface area (Å²) in [6.45, 7) is 8.41. The van der Waals surface area contributed by atoms with Gasteiger partial charge in [0.1, 0.15) is 0 Å². The van der Waals surface area contributed by atoms with Gasteiger partial charge in [0.05, 0.1) is 15.1 Å². The summed E-state index contributed by atoms with van der Waals surface area (Å²) in [5, 5.41) is 3.33. The number of anilines is 1. The van der Waals surface area contributed by atoms with Crippen molar-refractivity contribution in [2.24, 2.45) is 0 Å². The van der Waals surface area contributed by atoms with E-state index in [4.69, 9.17) is 0 Å². The van der Waals surface area contributed by atoms with Crippen LogP contribution in [0.15, 0.2) is 41.3 Å². The molecule has 0 atom stereocenters. The lowest BCUT2D eigenvalue weighted by molar-refractivity contribution is 0.102. The van der Waals surface area contributed by atoms with Gasteiger partial charge in [0.2, 0.25) is 10.0 Å². The van der Waals surface area contributed by atoms with E-state index in [1.807, 2.05) is 19.9 Å². The van der Waals surface area contributed by atoms with Gasteiger partial charge < -0.3 is 0 Å². The molecule has 0 unspecified atom stereocenters. The van der Waals surface area contributed by atoms with Crippen molar-refractivity contribution in [3.63, 3.8) is 0 Å². The van der Waals surface area contributed by atoms with Crippen molar-refractivity contribution in [3.8, 4) is 0 Å². The van der Waals surface area contributed by atoms with Gasteiger partial charge in [-0.05, 0) is 55.3 Å². The number of nitrogens with one attached hydrogen (secondary N) is 1. The molecular formula is C20H23N3O3S2. The summed E-state index contributed by atoms with van der Waals surface area (Å²) in [6, 6.07) is 10.1. The molecule has 148 valence electrons. The SMILES string of the molecule is CCN(CC)S(=O)(=O)c1ccc(C(=O)Nc2nc3c(C)cc(C)cc3s2)cc1. The third-order valence-corrected chi connectivity index (χ3v) is 7.49. The van der Waals surface area contributed by atoms with Crippen LogP contribution < -0.4 is 5.32 Å². The number of amides is 1. The Kier molecular flexibility index (Phi) is 5.83. The van der Waals surface area contributed by atoms with Crippen molar-refractivity contribution >= 4 is 42.6 Å². The topological polar surface area (TPSA) is 79.4 Å². The van der Waals surface area contributed by atoms with Crippen molar-refractivity contribution in [1.82, 2.24) is 9.29 Å². The van der Waals surface area contributed by atoms with Gasteiger partial charge in [0.15, 0.2) is 5.13 Å². The Balaban J connectivity index is 1.81. The zero-order valence-corrected chi connectivity index (χ0v) is 17.9. The number of carbonyl (C=O) groups is 1. The normalized spacial score (nSPS) is 11.9. The Hall–Kier alpha value is -2.29. The van der Waals surface area contributed by atoms with Crippen molar-refractivity contribution in [2.75, 3.05) is 18.4 Å². The number of aromatic nitrogens is 1. The number of thiazole rings is 1. The average Bonchev–Trinajstić information content (AvgIpc) is 3.05. The largest absolute Gasteiger partial charge is 0.298 e. The van der Waals surface area contributed by atoms with Crippen molar-refractivity contribution in [1.29, 1.82) is 0 Å². The molecule has 0 spiro atoms. The number of nitrogens with zero attached hydrogens (tertiary/aromatic N) is 2. The van der Waals surface area contributed by atoms with Crippen LogP contribution in [0.5, 0.6) is 0 Å². The number of sulfonamides is 1. The molecule has 0 saturated heterocycles. The lowest BCUT2D eigenvalue weighted by Crippen LogP contribution is -2.30. The fraction of sp³-hybridized carbons (Fsp3) is 0.300. The van der Waals surface area contributed by atoms with Crippen LogP contribution in [-0.2, 0) is 10.0 Å². The molecule has 3 aromatic rings. The molecule has 1 aromatic heterocycles. The summed E-state index contributed by atoms with van der Waals surface area (Å²) in [7, 11) is -3.54. The molecule has 0 radical (unpaired) electrons. The molecule has 6 nitrogen and oxygen atoms in total. The number of benzene rings is 2. The van der Waals surface area contributed by atoms with E-state index >= 15 is 0 Å². The highest BCUT2D eigenvalue weighted by Gasteiger charge is 2.21. The highest BCUT2D eigenvalue weighted by Crippen LogP contribution is 2.29. The summed E-state index contributed by atoms with van der Waals surface area (Å²) < 4.78 is 27.5. The molecule has 0 saturated carbocycles. The van der Waals surface area contributed by atoms with Crippen molar-refractivity contribution in [3.05, 3.63) is 53.1 Å². The summed E-state index contributed by atoms with van der Waals surface area (Å²) in [4.78, 5) is 17.2. The van der Waals surface area contributed by atoms with Crippen LogP contribution in [0.2, 0.25) is 0 Å². The average molecular weight is 418 g/mol. The number of hydrogen-bond donors (Lipinski definition) is 1. The lowest BCUT2D eigenvalue weighted by atomic mass is 10.1. The molecule has 0 fully saturated rings. The highest BCUT2D eigenvalue weighted by molar-refractivity contribution is 7.89. The molecular weight excluding hydrogens is 394 g/mol. The fourth-order valence-electron chi connectivity index (χ4n) is 3.08. The summed E-state index contributed by atoms with van der Waals surface area (Å²) >= 11 is 1.42. The molecule has 28 heavy (non-hydrogen) atoms. The van der Waals surface area contributed by atoms with Gasteiger partial charge >= 0.3 is 0 Å². The molecule has 0 aliphatic rings. The van der Waals surface area contributed by atoms with E-state index in [0.717, 1.165) is 21.3 Å². The standard InChI is InChI=1S/C20H23N3O3S2/c1-5-23(6-2)28(25,26)16-9-7-15(8-10-16)19(24)22-20-21-18-14(4)11-13(3)12-17(18)27-20/h7-12H,5-6H2,1-4H3,(H,21,22,24). The van der Waals surface area contributed by atoms with Gasteiger partial charge in [-0.2, -0.15) is 4.31 Å². The Bertz CT molecular complexity index is 1120. The van der Waals surface area contributed by atoms with Gasteiger partial charge in [-0.1, -0.05) is 31.3 Å². The van der Waals surface area contributed by atoms with E-state index in [1.165, 1.54) is 39.9 Å². The Labute approximate surface area is 169 Å². The maximum atomic E-state index is 12.5. The Morgan fingerprint density at radius 1 is 1.11 bits per heavy atom. The summed E-state index contributed by atoms with van der Waals surface area (Å²) in [6.07, 6.45) is 0. The van der Waals surface area contributed by atoms with E-state index < -0.39 is 10.0 Å². The molecule has 1 amide bonds. The maximum absolute atomic E-state index is 12.5. The molecule has 2 aromatic carbocycles. The molecule has 3 rings (SSSR count). The van der Waals surface area contributed by atoms with E-state index in [-0.39, 0.29) is 10.8 Å². The van der Waals surface area contributed by atoms with Crippen LogP contribution in [-0.4, -0.2) is 36.7 Å². The van der Waals surface area contributed by atoms with Gasteiger partial charge in [-0.25, -0.2) is 13.4 Å². The molecule has 1 N–H and O–H groups in total. The lowest BCUT2D eigenvalue weighted by Gasteiger charge is -2.18. The second-order valence-electron chi connectivity index (χ2n) is 6.52. The Morgan fingerprint density at radius 2 is 1.75 bits per heavy atom. The number of rotatable bonds is 6. The van der Waals surface area contributed by atoms with E-state index in [2.05, 4.69) is 16.4 Å². The van der Waals surface area contributed by atoms with Crippen molar-refractivity contribution < 1.29 is 13.2 Å². The third-order valence-electron chi connectivity index (χ3n) is 4.51. The highest BCUT2D eigenvalue weighted by atomic mass is 32.2. The monoisotopic (exact) mass is 417 g/mol. The molecule has 0 bridgehead atoms. The van der Waals surface area contributed by atoms with Gasteiger partial charge in [-0.15, -0.1) is 0 Å². The third kappa shape index (κ3) is 3.94. The molecule has 8 heteroatoms. The smallest absolute Gasteiger partial charge is 0.257 e. The maximum Gasteiger partial charge on any atom is 0.257 e. The fourth-order valence-corrected chi connectivity index (χ4v) is 5.58. The van der Waals surface area contributed by atoms with Crippen LogP contribution in [0.3, 0.4) is 0 Å². The quantitative estimate of drug-likeness (QED) is 0.652. The molecule has 1 heterocycles. The van der Waals surface area contributed by atoms with Crippen LogP contribution in [0.4, 0.5) is 5.13 Å². The number of hydrogen-bond acceptors (Lipinski definition) is 5. The van der Waals surface area contributed by atoms with Gasteiger partial charge in [-0.3, -0.25) is 10.1 Å². The minimum absolute atomic E-state index is 0.179. The first kappa shape index (κ1) is 20.4. The second kappa shape index (κ2) is 7.98. The van der Waals surface area contributed by atoms with E-state index in [0.29, 0.717) is 23.8 Å². The van der Waals surface area contributed by atoms with E-state index in [9.17, 15) is 13.2 Å². The van der Waals surface area contributed by atoms with E-state index in [1.54, 1.807) is 13.8 Å². The zero-order valence-electron chi connectivity index (χ0n) is 16.3. The first-order valence-electron chi connectivity index (χ1n) is 9.05. The first-order valence-corrected chi connectivity index (χ1v) is 11.3. The summed E-state index contributed by atoms with van der Waals surface area (Å²) in [5.74, 6) is -0.319. The molecule has 0 aliphatic carbocycles.